The van der Waals surface area contributed by atoms with Crippen molar-refractivity contribution in [2.45, 2.75) is 32.2 Å². The lowest BCUT2D eigenvalue weighted by molar-refractivity contribution is 0.410. The van der Waals surface area contributed by atoms with Crippen LogP contribution in [-0.4, -0.2) is 13.1 Å². The van der Waals surface area contributed by atoms with Gasteiger partial charge in [-0.25, -0.2) is 0 Å². The van der Waals surface area contributed by atoms with E-state index in [2.05, 4.69) is 86.9 Å². The minimum Gasteiger partial charge on any atom is -0.316 e. The molecule has 0 aliphatic carbocycles. The van der Waals surface area contributed by atoms with Crippen molar-refractivity contribution in [2.75, 3.05) is 7.05 Å². The van der Waals surface area contributed by atoms with Gasteiger partial charge in [-0.2, -0.15) is 0 Å². The van der Waals surface area contributed by atoms with Crippen molar-refractivity contribution in [3.05, 3.63) is 71.8 Å². The smallest absolute Gasteiger partial charge is 0.0243 e. The maximum atomic E-state index is 3.53. The lowest BCUT2D eigenvalue weighted by atomic mass is 9.81. The Morgan fingerprint density at radius 1 is 0.800 bits per heavy atom. The van der Waals surface area contributed by atoms with Crippen molar-refractivity contribution >= 4 is 0 Å². The molecule has 0 spiro atoms. The summed E-state index contributed by atoms with van der Waals surface area (Å²) in [6, 6.07) is 22.1. The van der Waals surface area contributed by atoms with E-state index in [1.807, 2.05) is 0 Å². The number of benzene rings is 2. The number of hydrogen-bond acceptors (Lipinski definition) is 1. The summed E-state index contributed by atoms with van der Waals surface area (Å²) >= 11 is 0. The zero-order chi connectivity index (χ0) is 14.4. The fourth-order valence-corrected chi connectivity index (χ4v) is 2.91. The second kappa shape index (κ2) is 7.25. The van der Waals surface area contributed by atoms with Crippen molar-refractivity contribution in [2.24, 2.45) is 5.92 Å². The van der Waals surface area contributed by atoms with Crippen LogP contribution in [0.3, 0.4) is 0 Å². The number of hydrogen-bond donors (Lipinski definition) is 1. The van der Waals surface area contributed by atoms with E-state index in [4.69, 9.17) is 0 Å². The van der Waals surface area contributed by atoms with Crippen LogP contribution >= 0.6 is 0 Å². The summed E-state index contributed by atoms with van der Waals surface area (Å²) in [4.78, 5) is 0. The lowest BCUT2D eigenvalue weighted by Gasteiger charge is -2.29. The van der Waals surface area contributed by atoms with Gasteiger partial charge >= 0.3 is 0 Å². The Kier molecular flexibility index (Phi) is 5.37. The fourth-order valence-electron chi connectivity index (χ4n) is 2.91. The Hall–Kier alpha value is -1.60. The number of rotatable bonds is 6. The molecule has 1 atom stereocenters. The molecule has 0 aliphatic heterocycles. The van der Waals surface area contributed by atoms with E-state index < -0.39 is 0 Å². The summed E-state index contributed by atoms with van der Waals surface area (Å²) in [5.41, 5.74) is 2.78. The first-order valence-corrected chi connectivity index (χ1v) is 7.49. The second-order valence-corrected chi connectivity index (χ2v) is 5.82. The van der Waals surface area contributed by atoms with Gasteiger partial charge < -0.3 is 5.32 Å². The molecule has 2 aromatic rings. The Labute approximate surface area is 123 Å². The van der Waals surface area contributed by atoms with Gasteiger partial charge in [0.2, 0.25) is 0 Å². The molecule has 0 bridgehead atoms. The highest BCUT2D eigenvalue weighted by atomic mass is 14.9. The van der Waals surface area contributed by atoms with Crippen LogP contribution in [0.1, 0.15) is 37.3 Å². The molecule has 0 radical (unpaired) electrons. The molecule has 0 amide bonds. The maximum Gasteiger partial charge on any atom is 0.0243 e. The van der Waals surface area contributed by atoms with E-state index >= 15 is 0 Å². The highest BCUT2D eigenvalue weighted by Crippen LogP contribution is 2.30. The fraction of sp³-hybridized carbons (Fsp3) is 0.368. The molecule has 1 heteroatoms. The minimum atomic E-state index is 0.407. The topological polar surface area (TPSA) is 12.0 Å². The van der Waals surface area contributed by atoms with Crippen LogP contribution in [0.25, 0.3) is 0 Å². The van der Waals surface area contributed by atoms with E-state index in [0.717, 1.165) is 0 Å². The Bertz CT molecular complexity index is 450. The summed E-state index contributed by atoms with van der Waals surface area (Å²) in [6.45, 7) is 4.58. The van der Waals surface area contributed by atoms with Gasteiger partial charge in [0.05, 0.1) is 0 Å². The molecule has 20 heavy (non-hydrogen) atoms. The van der Waals surface area contributed by atoms with E-state index in [-0.39, 0.29) is 0 Å². The molecule has 1 nitrogen and oxygen atoms in total. The lowest BCUT2D eigenvalue weighted by Crippen LogP contribution is -2.34. The first-order valence-electron chi connectivity index (χ1n) is 7.49. The molecule has 2 rings (SSSR count). The van der Waals surface area contributed by atoms with E-state index in [1.165, 1.54) is 17.5 Å². The minimum absolute atomic E-state index is 0.407. The summed E-state index contributed by atoms with van der Waals surface area (Å²) < 4.78 is 0. The quantitative estimate of drug-likeness (QED) is 0.815. The predicted octanol–water partition coefficient (Wildman–Crippen LogP) is 4.45. The summed E-state index contributed by atoms with van der Waals surface area (Å²) in [7, 11) is 2.08. The van der Waals surface area contributed by atoms with Crippen LogP contribution in [0.5, 0.6) is 0 Å². The van der Waals surface area contributed by atoms with Gasteiger partial charge in [0.1, 0.15) is 0 Å². The zero-order valence-electron chi connectivity index (χ0n) is 12.7. The van der Waals surface area contributed by atoms with Crippen LogP contribution in [0.15, 0.2) is 60.7 Å². The van der Waals surface area contributed by atoms with Crippen molar-refractivity contribution in [1.82, 2.24) is 5.32 Å². The van der Waals surface area contributed by atoms with Gasteiger partial charge in [0.15, 0.2) is 0 Å². The van der Waals surface area contributed by atoms with E-state index in [0.29, 0.717) is 17.9 Å². The Morgan fingerprint density at radius 3 is 1.60 bits per heavy atom. The molecule has 0 fully saturated rings. The monoisotopic (exact) mass is 267 g/mol. The molecule has 1 N–H and O–H groups in total. The number of likely N-dealkylation sites (N-methyl/N-ethyl adjacent to an activating group) is 1. The van der Waals surface area contributed by atoms with Gasteiger partial charge in [0.25, 0.3) is 0 Å². The second-order valence-electron chi connectivity index (χ2n) is 5.82. The first kappa shape index (κ1) is 14.8. The molecule has 106 valence electrons. The van der Waals surface area contributed by atoms with Crippen LogP contribution in [0, 0.1) is 5.92 Å². The number of nitrogens with one attached hydrogen (secondary N) is 1. The molecular formula is C19H25N. The van der Waals surface area contributed by atoms with Crippen molar-refractivity contribution < 1.29 is 0 Å². The molecule has 0 saturated heterocycles. The van der Waals surface area contributed by atoms with Crippen LogP contribution in [-0.2, 0) is 0 Å². The predicted molar refractivity (Wildman–Crippen MR) is 87.0 cm³/mol. The van der Waals surface area contributed by atoms with Crippen molar-refractivity contribution in [3.8, 4) is 0 Å². The van der Waals surface area contributed by atoms with E-state index in [9.17, 15) is 0 Å². The first-order chi connectivity index (χ1) is 9.72. The van der Waals surface area contributed by atoms with E-state index in [1.54, 1.807) is 0 Å². The van der Waals surface area contributed by atoms with Gasteiger partial charge in [-0.3, -0.25) is 0 Å². The van der Waals surface area contributed by atoms with Crippen LogP contribution < -0.4 is 5.32 Å². The van der Waals surface area contributed by atoms with Gasteiger partial charge in [-0.1, -0.05) is 74.5 Å². The average Bonchev–Trinajstić information content (AvgIpc) is 2.48. The third-order valence-corrected chi connectivity index (χ3v) is 3.82. The summed E-state index contributed by atoms with van der Waals surface area (Å²) in [5, 5.41) is 3.53. The molecule has 0 saturated carbocycles. The average molecular weight is 267 g/mol. The van der Waals surface area contributed by atoms with Gasteiger partial charge in [0, 0.05) is 12.0 Å². The third kappa shape index (κ3) is 3.71. The maximum absolute atomic E-state index is 3.53. The third-order valence-electron chi connectivity index (χ3n) is 3.82. The zero-order valence-corrected chi connectivity index (χ0v) is 12.7. The SMILES string of the molecule is CNC(CC(C)C)C(c1ccccc1)c1ccccc1. The van der Waals surface area contributed by atoms with Crippen molar-refractivity contribution in [1.29, 1.82) is 0 Å². The van der Waals surface area contributed by atoms with Crippen molar-refractivity contribution in [3.63, 3.8) is 0 Å². The largest absolute Gasteiger partial charge is 0.316 e. The molecule has 0 aliphatic rings. The summed E-state index contributed by atoms with van der Waals surface area (Å²) in [5.74, 6) is 1.09. The molecule has 0 heterocycles. The van der Waals surface area contributed by atoms with Gasteiger partial charge in [-0.15, -0.1) is 0 Å². The normalized spacial score (nSPS) is 12.8. The highest BCUT2D eigenvalue weighted by molar-refractivity contribution is 5.34. The van der Waals surface area contributed by atoms with Crippen LogP contribution in [0.4, 0.5) is 0 Å². The molecule has 0 aromatic heterocycles. The molecule has 1 unspecified atom stereocenters. The summed E-state index contributed by atoms with van der Waals surface area (Å²) in [6.07, 6.45) is 1.17. The highest BCUT2D eigenvalue weighted by Gasteiger charge is 2.24. The molecule has 2 aromatic carbocycles. The Balaban J connectivity index is 2.38. The Morgan fingerprint density at radius 2 is 1.25 bits per heavy atom. The van der Waals surface area contributed by atoms with Gasteiger partial charge in [-0.05, 0) is 30.5 Å². The standard InChI is InChI=1S/C19H25N/c1-15(2)14-18(20-3)19(16-10-6-4-7-11-16)17-12-8-5-9-13-17/h4-13,15,18-20H,14H2,1-3H3. The van der Waals surface area contributed by atoms with Crippen LogP contribution in [0.2, 0.25) is 0 Å². The molecular weight excluding hydrogens is 242 g/mol.